The third-order valence-electron chi connectivity index (χ3n) is 5.06. The number of carbonyl (C=O) groups excluding carboxylic acids is 1. The van der Waals surface area contributed by atoms with Gasteiger partial charge in [-0.25, -0.2) is 4.68 Å². The van der Waals surface area contributed by atoms with Gasteiger partial charge < -0.3 is 10.2 Å². The predicted molar refractivity (Wildman–Crippen MR) is 114 cm³/mol. The monoisotopic (exact) mass is 406 g/mol. The summed E-state index contributed by atoms with van der Waals surface area (Å²) in [6, 6.07) is 15.2. The van der Waals surface area contributed by atoms with Gasteiger partial charge in [-0.05, 0) is 42.9 Å². The van der Waals surface area contributed by atoms with Gasteiger partial charge in [-0.15, -0.1) is 0 Å². The first-order chi connectivity index (χ1) is 14.5. The number of para-hydroxylation sites is 1. The van der Waals surface area contributed by atoms with Crippen molar-refractivity contribution < 1.29 is 14.0 Å². The first kappa shape index (κ1) is 19.8. The van der Waals surface area contributed by atoms with Gasteiger partial charge in [0.2, 0.25) is 5.95 Å². The van der Waals surface area contributed by atoms with Crippen LogP contribution in [0.2, 0.25) is 0 Å². The average molecular weight is 406 g/mol. The Bertz CT molecular complexity index is 1090. The molecule has 0 saturated heterocycles. The van der Waals surface area contributed by atoms with Crippen molar-refractivity contribution in [2.75, 3.05) is 11.9 Å². The summed E-state index contributed by atoms with van der Waals surface area (Å²) in [6.45, 7) is 2.29. The van der Waals surface area contributed by atoms with Crippen molar-refractivity contribution in [3.8, 4) is 11.1 Å². The Kier molecular flexibility index (Phi) is 5.61. The molecule has 0 unspecified atom stereocenters. The Morgan fingerprint density at radius 1 is 1.27 bits per heavy atom. The average Bonchev–Trinajstić information content (AvgIpc) is 3.52. The van der Waals surface area contributed by atoms with Crippen molar-refractivity contribution in [1.82, 2.24) is 9.78 Å². The second kappa shape index (κ2) is 8.49. The fourth-order valence-electron chi connectivity index (χ4n) is 3.20. The van der Waals surface area contributed by atoms with Crippen LogP contribution in [0.3, 0.4) is 0 Å². The van der Waals surface area contributed by atoms with E-state index in [2.05, 4.69) is 15.6 Å². The number of aromatic nitrogens is 2. The summed E-state index contributed by atoms with van der Waals surface area (Å²) >= 11 is 0. The summed E-state index contributed by atoms with van der Waals surface area (Å²) in [5, 5.41) is 10.8. The number of amides is 1. The quantitative estimate of drug-likeness (QED) is 0.462. The fourth-order valence-corrected chi connectivity index (χ4v) is 3.20. The number of anilines is 1. The van der Waals surface area contributed by atoms with Crippen LogP contribution in [-0.4, -0.2) is 28.5 Å². The highest BCUT2D eigenvalue weighted by Crippen LogP contribution is 2.29. The standard InChI is InChI=1S/C23H23FN4O2/c1-15-21(22(24)28(2)27-15)23(29)26-20-6-4-3-5-19(20)18-11-9-16(10-12-18)13-25-30-14-17-7-8-17/h3-6,9-13,17H,7-8,14H2,1-2H3,(H,26,29)/b25-13-. The summed E-state index contributed by atoms with van der Waals surface area (Å²) in [7, 11) is 1.47. The molecule has 0 radical (unpaired) electrons. The zero-order chi connectivity index (χ0) is 21.1. The molecule has 0 aliphatic heterocycles. The van der Waals surface area contributed by atoms with E-state index in [0.29, 0.717) is 23.9 Å². The Morgan fingerprint density at radius 2 is 2.00 bits per heavy atom. The largest absolute Gasteiger partial charge is 0.396 e. The third-order valence-corrected chi connectivity index (χ3v) is 5.06. The van der Waals surface area contributed by atoms with Crippen LogP contribution in [0, 0.1) is 18.8 Å². The van der Waals surface area contributed by atoms with Crippen LogP contribution in [0.25, 0.3) is 11.1 Å². The first-order valence-electron chi connectivity index (χ1n) is 9.88. The molecule has 1 N–H and O–H groups in total. The van der Waals surface area contributed by atoms with Crippen molar-refractivity contribution in [3.05, 3.63) is 71.3 Å². The molecule has 0 spiro atoms. The molecule has 30 heavy (non-hydrogen) atoms. The molecule has 1 saturated carbocycles. The molecule has 7 heteroatoms. The van der Waals surface area contributed by atoms with Gasteiger partial charge in [0.05, 0.1) is 11.9 Å². The molecule has 1 amide bonds. The van der Waals surface area contributed by atoms with Gasteiger partial charge in [-0.2, -0.15) is 9.49 Å². The van der Waals surface area contributed by atoms with E-state index in [-0.39, 0.29) is 5.56 Å². The molecule has 6 nitrogen and oxygen atoms in total. The van der Waals surface area contributed by atoms with E-state index in [0.717, 1.165) is 21.4 Å². The zero-order valence-electron chi connectivity index (χ0n) is 16.9. The Balaban J connectivity index is 1.50. The Hall–Kier alpha value is -3.48. The van der Waals surface area contributed by atoms with E-state index in [9.17, 15) is 9.18 Å². The molecule has 1 aliphatic rings. The van der Waals surface area contributed by atoms with Crippen molar-refractivity contribution in [1.29, 1.82) is 0 Å². The minimum absolute atomic E-state index is 0.0509. The number of halogens is 1. The summed E-state index contributed by atoms with van der Waals surface area (Å²) in [5.41, 5.74) is 3.57. The molecule has 1 heterocycles. The van der Waals surface area contributed by atoms with Crippen LogP contribution in [0.5, 0.6) is 0 Å². The van der Waals surface area contributed by atoms with Crippen molar-refractivity contribution in [2.24, 2.45) is 18.1 Å². The molecular formula is C23H23FN4O2. The highest BCUT2D eigenvalue weighted by molar-refractivity contribution is 6.07. The molecule has 2 aromatic carbocycles. The van der Waals surface area contributed by atoms with Crippen LogP contribution in [0.15, 0.2) is 53.7 Å². The normalized spacial score (nSPS) is 13.6. The summed E-state index contributed by atoms with van der Waals surface area (Å²) in [4.78, 5) is 18.0. The van der Waals surface area contributed by atoms with Gasteiger partial charge in [0.15, 0.2) is 0 Å². The molecule has 154 valence electrons. The maximum absolute atomic E-state index is 14.2. The van der Waals surface area contributed by atoms with Crippen molar-refractivity contribution >= 4 is 17.8 Å². The van der Waals surface area contributed by atoms with Crippen LogP contribution >= 0.6 is 0 Å². The van der Waals surface area contributed by atoms with Crippen molar-refractivity contribution in [3.63, 3.8) is 0 Å². The van der Waals surface area contributed by atoms with E-state index in [1.165, 1.54) is 19.9 Å². The molecular weight excluding hydrogens is 383 g/mol. The maximum atomic E-state index is 14.2. The molecule has 4 rings (SSSR count). The molecule has 3 aromatic rings. The number of nitrogens with zero attached hydrogens (tertiary/aromatic N) is 3. The van der Waals surface area contributed by atoms with Gasteiger partial charge in [-0.3, -0.25) is 4.79 Å². The summed E-state index contributed by atoms with van der Waals surface area (Å²) < 4.78 is 15.3. The number of aryl methyl sites for hydroxylation is 2. The minimum Gasteiger partial charge on any atom is -0.396 e. The van der Waals surface area contributed by atoms with Crippen molar-refractivity contribution in [2.45, 2.75) is 19.8 Å². The van der Waals surface area contributed by atoms with Crippen LogP contribution in [0.1, 0.15) is 34.5 Å². The SMILES string of the molecule is Cc1nn(C)c(F)c1C(=O)Nc1ccccc1-c1ccc(/C=N\OCC2CC2)cc1. The molecule has 0 atom stereocenters. The number of nitrogens with one attached hydrogen (secondary N) is 1. The molecule has 1 fully saturated rings. The number of hydrogen-bond acceptors (Lipinski definition) is 4. The van der Waals surface area contributed by atoms with Gasteiger partial charge in [0.25, 0.3) is 5.91 Å². The Morgan fingerprint density at radius 3 is 2.67 bits per heavy atom. The number of rotatable bonds is 7. The lowest BCUT2D eigenvalue weighted by Crippen LogP contribution is -2.15. The highest BCUT2D eigenvalue weighted by Gasteiger charge is 2.22. The van der Waals surface area contributed by atoms with E-state index < -0.39 is 11.9 Å². The second-order valence-corrected chi connectivity index (χ2v) is 7.47. The summed E-state index contributed by atoms with van der Waals surface area (Å²) in [5.74, 6) is -0.516. The highest BCUT2D eigenvalue weighted by atomic mass is 19.1. The van der Waals surface area contributed by atoms with Gasteiger partial charge in [0.1, 0.15) is 12.2 Å². The predicted octanol–water partition coefficient (Wildman–Crippen LogP) is 4.55. The van der Waals surface area contributed by atoms with Gasteiger partial charge >= 0.3 is 0 Å². The van der Waals surface area contributed by atoms with E-state index in [1.807, 2.05) is 42.5 Å². The molecule has 1 aromatic heterocycles. The number of carbonyl (C=O) groups is 1. The number of hydrogen-bond donors (Lipinski definition) is 1. The smallest absolute Gasteiger partial charge is 0.262 e. The fraction of sp³-hybridized carbons (Fsp3) is 0.261. The number of benzene rings is 2. The van der Waals surface area contributed by atoms with E-state index in [1.54, 1.807) is 19.2 Å². The van der Waals surface area contributed by atoms with Gasteiger partial charge in [0, 0.05) is 18.3 Å². The molecule has 1 aliphatic carbocycles. The lowest BCUT2D eigenvalue weighted by atomic mass is 10.0. The van der Waals surface area contributed by atoms with E-state index >= 15 is 0 Å². The van der Waals surface area contributed by atoms with Crippen LogP contribution in [0.4, 0.5) is 10.1 Å². The van der Waals surface area contributed by atoms with Crippen LogP contribution < -0.4 is 5.32 Å². The zero-order valence-corrected chi connectivity index (χ0v) is 16.9. The topological polar surface area (TPSA) is 68.5 Å². The maximum Gasteiger partial charge on any atom is 0.262 e. The lowest BCUT2D eigenvalue weighted by molar-refractivity contribution is 0.102. The molecule has 0 bridgehead atoms. The van der Waals surface area contributed by atoms with Gasteiger partial charge in [-0.1, -0.05) is 47.6 Å². The minimum atomic E-state index is -0.657. The second-order valence-electron chi connectivity index (χ2n) is 7.47. The Labute approximate surface area is 174 Å². The van der Waals surface area contributed by atoms with Crippen LogP contribution in [-0.2, 0) is 11.9 Å². The third kappa shape index (κ3) is 4.40. The van der Waals surface area contributed by atoms with E-state index in [4.69, 9.17) is 4.84 Å². The number of oxime groups is 1. The lowest BCUT2D eigenvalue weighted by Gasteiger charge is -2.11. The first-order valence-corrected chi connectivity index (χ1v) is 9.88. The summed E-state index contributed by atoms with van der Waals surface area (Å²) in [6.07, 6.45) is 4.15.